The van der Waals surface area contributed by atoms with E-state index in [0.717, 1.165) is 5.56 Å². The Morgan fingerprint density at radius 3 is 2.52 bits per heavy atom. The predicted molar refractivity (Wildman–Crippen MR) is 102 cm³/mol. The molecule has 6 nitrogen and oxygen atoms in total. The third-order valence-corrected chi connectivity index (χ3v) is 5.09. The van der Waals surface area contributed by atoms with E-state index < -0.39 is 12.2 Å². The molecule has 1 fully saturated rings. The summed E-state index contributed by atoms with van der Waals surface area (Å²) in [5, 5.41) is 3.16. The van der Waals surface area contributed by atoms with Crippen molar-refractivity contribution in [3.63, 3.8) is 0 Å². The number of alkyl halides is 3. The van der Waals surface area contributed by atoms with Crippen LogP contribution in [0, 0.1) is 5.82 Å². The third-order valence-electron chi connectivity index (χ3n) is 5.09. The van der Waals surface area contributed by atoms with Crippen molar-refractivity contribution in [3.8, 4) is 5.69 Å². The molecule has 0 bridgehead atoms. The van der Waals surface area contributed by atoms with Crippen LogP contribution in [0.4, 0.5) is 17.6 Å². The van der Waals surface area contributed by atoms with E-state index in [1.807, 2.05) is 11.0 Å². The molecule has 158 valence electrons. The molecule has 1 saturated heterocycles. The third kappa shape index (κ3) is 5.06. The number of piperazine rings is 1. The smallest absolute Gasteiger partial charge is 0.352 e. The maximum absolute atomic E-state index is 14.4. The van der Waals surface area contributed by atoms with Gasteiger partial charge in [0.2, 0.25) is 0 Å². The lowest BCUT2D eigenvalue weighted by atomic mass is 10.2. The molecule has 29 heavy (non-hydrogen) atoms. The number of imidazole rings is 1. The van der Waals surface area contributed by atoms with Gasteiger partial charge in [-0.05, 0) is 24.6 Å². The highest BCUT2D eigenvalue weighted by Crippen LogP contribution is 2.25. The Hall–Kier alpha value is -2.62. The van der Waals surface area contributed by atoms with Crippen molar-refractivity contribution in [1.29, 1.82) is 0 Å². The Morgan fingerprint density at radius 1 is 1.24 bits per heavy atom. The molecular weight excluding hydrogens is 388 g/mol. The van der Waals surface area contributed by atoms with Crippen molar-refractivity contribution in [1.82, 2.24) is 24.7 Å². The lowest BCUT2D eigenvalue weighted by Gasteiger charge is -2.39. The molecule has 0 amide bonds. The summed E-state index contributed by atoms with van der Waals surface area (Å²) in [5.74, 6) is 0.218. The Kier molecular flexibility index (Phi) is 6.41. The highest BCUT2D eigenvalue weighted by molar-refractivity contribution is 5.80. The average molecular weight is 412 g/mol. The summed E-state index contributed by atoms with van der Waals surface area (Å²) in [5.41, 5.74) is 1.14. The number of guanidine groups is 1. The van der Waals surface area contributed by atoms with Crippen LogP contribution >= 0.6 is 0 Å². The minimum absolute atomic E-state index is 0.301. The first-order valence-corrected chi connectivity index (χ1v) is 9.32. The van der Waals surface area contributed by atoms with Crippen LogP contribution in [0.3, 0.4) is 0 Å². The fourth-order valence-corrected chi connectivity index (χ4v) is 3.31. The fourth-order valence-electron chi connectivity index (χ4n) is 3.31. The average Bonchev–Trinajstić information content (AvgIpc) is 3.22. The predicted octanol–water partition coefficient (Wildman–Crippen LogP) is 2.66. The van der Waals surface area contributed by atoms with E-state index in [1.165, 1.54) is 24.2 Å². The van der Waals surface area contributed by atoms with E-state index in [1.54, 1.807) is 30.1 Å². The van der Waals surface area contributed by atoms with Gasteiger partial charge >= 0.3 is 6.18 Å². The van der Waals surface area contributed by atoms with Crippen LogP contribution in [0.15, 0.2) is 41.9 Å². The largest absolute Gasteiger partial charge is 0.403 e. The second kappa shape index (κ2) is 8.81. The van der Waals surface area contributed by atoms with Crippen LogP contribution in [-0.2, 0) is 6.54 Å². The van der Waals surface area contributed by atoms with Crippen LogP contribution < -0.4 is 5.32 Å². The topological polar surface area (TPSA) is 48.7 Å². The zero-order valence-electron chi connectivity index (χ0n) is 16.3. The zero-order chi connectivity index (χ0) is 21.0. The first-order valence-electron chi connectivity index (χ1n) is 9.32. The van der Waals surface area contributed by atoms with Crippen molar-refractivity contribution >= 4 is 5.96 Å². The van der Waals surface area contributed by atoms with Gasteiger partial charge in [0.15, 0.2) is 5.96 Å². The van der Waals surface area contributed by atoms with E-state index in [2.05, 4.69) is 15.3 Å². The van der Waals surface area contributed by atoms with Gasteiger partial charge < -0.3 is 14.8 Å². The van der Waals surface area contributed by atoms with E-state index in [0.29, 0.717) is 44.4 Å². The SMILES string of the molecule is CN=C(NCc1ccc(-n2ccnc2)c(F)c1)N1CCN(C(C)C(F)(F)F)CC1. The molecule has 0 radical (unpaired) electrons. The molecule has 1 aliphatic rings. The summed E-state index contributed by atoms with van der Waals surface area (Å²) in [7, 11) is 1.62. The van der Waals surface area contributed by atoms with Gasteiger partial charge in [-0.25, -0.2) is 9.37 Å². The van der Waals surface area contributed by atoms with Crippen LogP contribution in [0.25, 0.3) is 5.69 Å². The monoisotopic (exact) mass is 412 g/mol. The van der Waals surface area contributed by atoms with Crippen LogP contribution in [0.5, 0.6) is 0 Å². The van der Waals surface area contributed by atoms with E-state index in [9.17, 15) is 17.6 Å². The number of nitrogens with zero attached hydrogens (tertiary/aromatic N) is 5. The highest BCUT2D eigenvalue weighted by atomic mass is 19.4. The molecule has 0 aliphatic carbocycles. The van der Waals surface area contributed by atoms with E-state index in [-0.39, 0.29) is 5.82 Å². The van der Waals surface area contributed by atoms with Crippen molar-refractivity contribution in [3.05, 3.63) is 48.3 Å². The summed E-state index contributed by atoms with van der Waals surface area (Å²) < 4.78 is 54.6. The molecule has 0 saturated carbocycles. The Balaban J connectivity index is 1.56. The summed E-state index contributed by atoms with van der Waals surface area (Å²) in [4.78, 5) is 11.5. The number of nitrogens with one attached hydrogen (secondary N) is 1. The molecule has 10 heteroatoms. The van der Waals surface area contributed by atoms with E-state index >= 15 is 0 Å². The Morgan fingerprint density at radius 2 is 1.97 bits per heavy atom. The molecule has 2 aromatic rings. The van der Waals surface area contributed by atoms with Crippen LogP contribution in [0.2, 0.25) is 0 Å². The van der Waals surface area contributed by atoms with Crippen molar-refractivity contribution in [2.24, 2.45) is 4.99 Å². The second-order valence-electron chi connectivity index (χ2n) is 6.90. The number of hydrogen-bond donors (Lipinski definition) is 1. The highest BCUT2D eigenvalue weighted by Gasteiger charge is 2.41. The number of aliphatic imine (C=N–C) groups is 1. The van der Waals surface area contributed by atoms with Gasteiger partial charge in [0.05, 0.1) is 12.0 Å². The molecule has 1 aromatic heterocycles. The maximum Gasteiger partial charge on any atom is 0.403 e. The molecule has 2 heterocycles. The van der Waals surface area contributed by atoms with Crippen molar-refractivity contribution in [2.75, 3.05) is 33.2 Å². The molecular formula is C19H24F4N6. The van der Waals surface area contributed by atoms with Gasteiger partial charge in [-0.1, -0.05) is 6.07 Å². The number of aromatic nitrogens is 2. The van der Waals surface area contributed by atoms with Crippen molar-refractivity contribution < 1.29 is 17.6 Å². The quantitative estimate of drug-likeness (QED) is 0.477. The summed E-state index contributed by atoms with van der Waals surface area (Å²) in [6.45, 7) is 3.02. The van der Waals surface area contributed by atoms with Gasteiger partial charge in [-0.15, -0.1) is 0 Å². The first-order chi connectivity index (χ1) is 13.8. The van der Waals surface area contributed by atoms with Gasteiger partial charge in [0.1, 0.15) is 11.9 Å². The fraction of sp³-hybridized carbons (Fsp3) is 0.474. The standard InChI is InChI=1S/C19H24F4N6/c1-14(19(21,22)23)27-7-9-28(10-8-27)18(24-2)26-12-15-3-4-17(16(20)11-15)29-6-5-25-13-29/h3-6,11,13-14H,7-10,12H2,1-2H3,(H,24,26). The summed E-state index contributed by atoms with van der Waals surface area (Å²) in [6, 6.07) is 3.46. The molecule has 1 atom stereocenters. The first kappa shape index (κ1) is 21.1. The van der Waals surface area contributed by atoms with E-state index in [4.69, 9.17) is 0 Å². The summed E-state index contributed by atoms with van der Waals surface area (Å²) in [6.07, 6.45) is 0.540. The number of halogens is 4. The lowest BCUT2D eigenvalue weighted by Crippen LogP contribution is -2.56. The molecule has 1 N–H and O–H groups in total. The molecule has 3 rings (SSSR count). The Bertz CT molecular complexity index is 826. The zero-order valence-corrected chi connectivity index (χ0v) is 16.3. The normalized spacial score (nSPS) is 17.4. The Labute approximate surface area is 166 Å². The molecule has 0 spiro atoms. The molecule has 1 aromatic carbocycles. The molecule has 1 aliphatic heterocycles. The van der Waals surface area contributed by atoms with Gasteiger partial charge in [0, 0.05) is 52.2 Å². The number of benzene rings is 1. The van der Waals surface area contributed by atoms with Crippen molar-refractivity contribution in [2.45, 2.75) is 25.7 Å². The lowest BCUT2D eigenvalue weighted by molar-refractivity contribution is -0.181. The van der Waals surface area contributed by atoms with Gasteiger partial charge in [0.25, 0.3) is 0 Å². The van der Waals surface area contributed by atoms with Gasteiger partial charge in [-0.3, -0.25) is 9.89 Å². The molecule has 1 unspecified atom stereocenters. The summed E-state index contributed by atoms with van der Waals surface area (Å²) >= 11 is 0. The minimum atomic E-state index is -4.23. The van der Waals surface area contributed by atoms with Crippen LogP contribution in [0.1, 0.15) is 12.5 Å². The van der Waals surface area contributed by atoms with Crippen LogP contribution in [-0.4, -0.2) is 70.8 Å². The number of hydrogen-bond acceptors (Lipinski definition) is 3. The minimum Gasteiger partial charge on any atom is -0.352 e. The number of rotatable bonds is 4. The maximum atomic E-state index is 14.4. The second-order valence-corrected chi connectivity index (χ2v) is 6.90. The van der Waals surface area contributed by atoms with Gasteiger partial charge in [-0.2, -0.15) is 13.2 Å².